The van der Waals surface area contributed by atoms with Gasteiger partial charge in [0.15, 0.2) is 0 Å². The lowest BCUT2D eigenvalue weighted by atomic mass is 9.82. The van der Waals surface area contributed by atoms with Crippen LogP contribution in [0.3, 0.4) is 0 Å². The fourth-order valence-electron chi connectivity index (χ4n) is 3.47. The number of nitrogens with zero attached hydrogens (tertiary/aromatic N) is 1. The van der Waals surface area contributed by atoms with Crippen molar-refractivity contribution in [3.05, 3.63) is 29.3 Å². The highest BCUT2D eigenvalue weighted by molar-refractivity contribution is 5.99. The second kappa shape index (κ2) is 5.51. The third-order valence-electron chi connectivity index (χ3n) is 4.86. The number of anilines is 1. The van der Waals surface area contributed by atoms with Gasteiger partial charge in [-0.05, 0) is 55.7 Å². The van der Waals surface area contributed by atoms with Gasteiger partial charge in [-0.3, -0.25) is 4.79 Å². The molecule has 0 radical (unpaired) electrons. The topological polar surface area (TPSA) is 57.6 Å². The molecule has 1 fully saturated rings. The summed E-state index contributed by atoms with van der Waals surface area (Å²) >= 11 is 0. The number of amides is 1. The maximum absolute atomic E-state index is 12.7. The summed E-state index contributed by atoms with van der Waals surface area (Å²) < 4.78 is 0. The zero-order chi connectivity index (χ0) is 15.0. The van der Waals surface area contributed by atoms with E-state index in [0.717, 1.165) is 49.3 Å². The highest BCUT2D eigenvalue weighted by Gasteiger charge is 2.32. The lowest BCUT2D eigenvalue weighted by Crippen LogP contribution is -2.36. The lowest BCUT2D eigenvalue weighted by molar-refractivity contribution is -0.123. The van der Waals surface area contributed by atoms with Gasteiger partial charge in [-0.2, -0.15) is 0 Å². The number of carbonyl (C=O) groups excluding carboxylic acids is 1. The predicted molar refractivity (Wildman–Crippen MR) is 80.6 cm³/mol. The largest absolute Gasteiger partial charge is 0.478 e. The van der Waals surface area contributed by atoms with Gasteiger partial charge < -0.3 is 10.0 Å². The third kappa shape index (κ3) is 2.67. The van der Waals surface area contributed by atoms with E-state index >= 15 is 0 Å². The average molecular weight is 287 g/mol. The molecule has 1 aliphatic heterocycles. The van der Waals surface area contributed by atoms with Crippen LogP contribution in [-0.4, -0.2) is 23.5 Å². The van der Waals surface area contributed by atoms with Gasteiger partial charge in [0.1, 0.15) is 0 Å². The van der Waals surface area contributed by atoms with Crippen LogP contribution in [0, 0.1) is 11.8 Å². The molecule has 1 heterocycles. The Labute approximate surface area is 124 Å². The first-order valence-corrected chi connectivity index (χ1v) is 7.74. The molecule has 0 unspecified atom stereocenters. The Morgan fingerprint density at radius 1 is 1.19 bits per heavy atom. The van der Waals surface area contributed by atoms with E-state index in [1.807, 2.05) is 11.0 Å². The molecule has 2 aliphatic rings. The fraction of sp³-hybridized carbons (Fsp3) is 0.529. The Balaban J connectivity index is 1.81. The van der Waals surface area contributed by atoms with Crippen molar-refractivity contribution in [3.63, 3.8) is 0 Å². The molecular formula is C17H21NO3. The van der Waals surface area contributed by atoms with Gasteiger partial charge in [-0.15, -0.1) is 0 Å². The van der Waals surface area contributed by atoms with Crippen molar-refractivity contribution in [2.45, 2.75) is 39.0 Å². The second-order valence-electron chi connectivity index (χ2n) is 6.35. The number of rotatable bonds is 2. The Bertz CT molecular complexity index is 573. The van der Waals surface area contributed by atoms with Crippen molar-refractivity contribution in [3.8, 4) is 0 Å². The molecule has 1 amide bonds. The third-order valence-corrected chi connectivity index (χ3v) is 4.86. The standard InChI is InChI=1S/C17H21NO3/c1-11-2-4-13(5-3-11)16(19)18-9-8-12-6-7-14(17(20)21)10-15(12)18/h6-7,10-11,13H,2-5,8-9H2,1H3,(H,20,21). The van der Waals surface area contributed by atoms with Crippen LogP contribution < -0.4 is 4.90 Å². The molecule has 21 heavy (non-hydrogen) atoms. The van der Waals surface area contributed by atoms with Gasteiger partial charge >= 0.3 is 5.97 Å². The number of benzene rings is 1. The first-order chi connectivity index (χ1) is 10.1. The SMILES string of the molecule is CC1CCC(C(=O)N2CCc3ccc(C(=O)O)cc32)CC1. The summed E-state index contributed by atoms with van der Waals surface area (Å²) in [6, 6.07) is 5.11. The van der Waals surface area contributed by atoms with Crippen LogP contribution in [0.5, 0.6) is 0 Å². The van der Waals surface area contributed by atoms with Crippen LogP contribution in [0.15, 0.2) is 18.2 Å². The van der Waals surface area contributed by atoms with Crippen LogP contribution in [0.25, 0.3) is 0 Å². The molecule has 0 saturated heterocycles. The van der Waals surface area contributed by atoms with Crippen LogP contribution in [0.2, 0.25) is 0 Å². The van der Waals surface area contributed by atoms with Crippen LogP contribution >= 0.6 is 0 Å². The van der Waals surface area contributed by atoms with Gasteiger partial charge in [0.05, 0.1) is 5.56 Å². The molecule has 3 rings (SSSR count). The summed E-state index contributed by atoms with van der Waals surface area (Å²) in [6.45, 7) is 2.92. The normalized spacial score (nSPS) is 24.7. The maximum atomic E-state index is 12.7. The summed E-state index contributed by atoms with van der Waals surface area (Å²) in [5, 5.41) is 9.12. The quantitative estimate of drug-likeness (QED) is 0.909. The zero-order valence-corrected chi connectivity index (χ0v) is 12.3. The molecular weight excluding hydrogens is 266 g/mol. The van der Waals surface area contributed by atoms with E-state index in [2.05, 4.69) is 6.92 Å². The minimum absolute atomic E-state index is 0.112. The number of hydrogen-bond acceptors (Lipinski definition) is 2. The second-order valence-corrected chi connectivity index (χ2v) is 6.35. The number of fused-ring (bicyclic) bond motifs is 1. The van der Waals surface area contributed by atoms with Gasteiger partial charge in [0.25, 0.3) is 0 Å². The molecule has 0 bridgehead atoms. The van der Waals surface area contributed by atoms with Gasteiger partial charge in [-0.25, -0.2) is 4.79 Å². The number of carboxylic acid groups (broad SMARTS) is 1. The van der Waals surface area contributed by atoms with Gasteiger partial charge in [-0.1, -0.05) is 13.0 Å². The van der Waals surface area contributed by atoms with Crippen LogP contribution in [0.1, 0.15) is 48.5 Å². The fourth-order valence-corrected chi connectivity index (χ4v) is 3.47. The van der Waals surface area contributed by atoms with Crippen LogP contribution in [-0.2, 0) is 11.2 Å². The molecule has 4 heteroatoms. The first kappa shape index (κ1) is 14.1. The van der Waals surface area contributed by atoms with E-state index in [-0.39, 0.29) is 17.4 Å². The lowest BCUT2D eigenvalue weighted by Gasteiger charge is -2.29. The van der Waals surface area contributed by atoms with Crippen molar-refractivity contribution < 1.29 is 14.7 Å². The molecule has 1 aromatic rings. The summed E-state index contributed by atoms with van der Waals surface area (Å²) in [7, 11) is 0. The Morgan fingerprint density at radius 3 is 2.57 bits per heavy atom. The highest BCUT2D eigenvalue weighted by atomic mass is 16.4. The van der Waals surface area contributed by atoms with Crippen LogP contribution in [0.4, 0.5) is 5.69 Å². The summed E-state index contributed by atoms with van der Waals surface area (Å²) in [5.41, 5.74) is 2.14. The van der Waals surface area contributed by atoms with E-state index in [1.54, 1.807) is 12.1 Å². The Morgan fingerprint density at radius 2 is 1.90 bits per heavy atom. The van der Waals surface area contributed by atoms with Crippen molar-refractivity contribution in [1.29, 1.82) is 0 Å². The molecule has 1 aliphatic carbocycles. The maximum Gasteiger partial charge on any atom is 0.335 e. The molecule has 0 spiro atoms. The number of carbonyl (C=O) groups is 2. The molecule has 112 valence electrons. The smallest absolute Gasteiger partial charge is 0.335 e. The molecule has 1 saturated carbocycles. The Kier molecular flexibility index (Phi) is 3.70. The Hall–Kier alpha value is -1.84. The van der Waals surface area contributed by atoms with E-state index in [1.165, 1.54) is 0 Å². The molecule has 1 N–H and O–H groups in total. The van der Waals surface area contributed by atoms with Crippen molar-refractivity contribution in [1.82, 2.24) is 0 Å². The predicted octanol–water partition coefficient (Wildman–Crippen LogP) is 3.10. The molecule has 1 aromatic carbocycles. The van der Waals surface area contributed by atoms with Crippen molar-refractivity contribution in [2.75, 3.05) is 11.4 Å². The zero-order valence-electron chi connectivity index (χ0n) is 12.3. The summed E-state index contributed by atoms with van der Waals surface area (Å²) in [5.74, 6) is 0.0749. The van der Waals surface area contributed by atoms with E-state index in [4.69, 9.17) is 5.11 Å². The summed E-state index contributed by atoms with van der Waals surface area (Å²) in [6.07, 6.45) is 4.98. The molecule has 0 atom stereocenters. The monoisotopic (exact) mass is 287 g/mol. The van der Waals surface area contributed by atoms with Crippen molar-refractivity contribution >= 4 is 17.6 Å². The summed E-state index contributed by atoms with van der Waals surface area (Å²) in [4.78, 5) is 25.6. The minimum atomic E-state index is -0.941. The van der Waals surface area contributed by atoms with Gasteiger partial charge in [0, 0.05) is 18.2 Å². The number of carboxylic acids is 1. The highest BCUT2D eigenvalue weighted by Crippen LogP contribution is 2.34. The van der Waals surface area contributed by atoms with Gasteiger partial charge in [0.2, 0.25) is 5.91 Å². The molecule has 0 aromatic heterocycles. The van der Waals surface area contributed by atoms with E-state index in [0.29, 0.717) is 6.54 Å². The van der Waals surface area contributed by atoms with E-state index < -0.39 is 5.97 Å². The number of hydrogen-bond donors (Lipinski definition) is 1. The minimum Gasteiger partial charge on any atom is -0.478 e. The average Bonchev–Trinajstić information content (AvgIpc) is 2.90. The van der Waals surface area contributed by atoms with Crippen molar-refractivity contribution in [2.24, 2.45) is 11.8 Å². The number of aromatic carboxylic acids is 1. The first-order valence-electron chi connectivity index (χ1n) is 7.74. The van der Waals surface area contributed by atoms with E-state index in [9.17, 15) is 9.59 Å². The molecule has 4 nitrogen and oxygen atoms in total.